The molecule has 0 fully saturated rings. The van der Waals surface area contributed by atoms with Crippen molar-refractivity contribution in [3.8, 4) is 11.1 Å². The van der Waals surface area contributed by atoms with E-state index in [1.54, 1.807) is 25.3 Å². The number of aromatic nitrogens is 6. The lowest BCUT2D eigenvalue weighted by molar-refractivity contribution is 0.794. The minimum Gasteiger partial charge on any atom is -0.316 e. The Morgan fingerprint density at radius 2 is 0.833 bits per heavy atom. The van der Waals surface area contributed by atoms with Crippen LogP contribution in [0.4, 0.5) is 0 Å². The van der Waals surface area contributed by atoms with E-state index in [0.29, 0.717) is 0 Å². The molecular weight excluding hydrogens is 300 g/mol. The summed E-state index contributed by atoms with van der Waals surface area (Å²) in [6.45, 7) is 1.57. The van der Waals surface area contributed by atoms with Crippen LogP contribution >= 0.6 is 0 Å². The van der Waals surface area contributed by atoms with Gasteiger partial charge in [0.25, 0.3) is 0 Å². The van der Waals surface area contributed by atoms with E-state index in [1.807, 2.05) is 9.13 Å². The van der Waals surface area contributed by atoms with Gasteiger partial charge < -0.3 is 9.13 Å². The molecule has 0 radical (unpaired) electrons. The lowest BCUT2D eigenvalue weighted by atomic mass is 10.0. The van der Waals surface area contributed by atoms with Crippen LogP contribution in [0, 0.1) is 0 Å². The molecule has 0 saturated heterocycles. The summed E-state index contributed by atoms with van der Waals surface area (Å²) in [6.07, 6.45) is 6.90. The average Bonchev–Trinajstić information content (AvgIpc) is 3.31. The van der Waals surface area contributed by atoms with E-state index in [-0.39, 0.29) is 0 Å². The topological polar surface area (TPSA) is 61.4 Å². The molecule has 6 nitrogen and oxygen atoms in total. The molecule has 118 valence electrons. The first kappa shape index (κ1) is 14.3. The lowest BCUT2D eigenvalue weighted by Gasteiger charge is -2.07. The van der Waals surface area contributed by atoms with Crippen molar-refractivity contribution in [2.45, 2.75) is 13.1 Å². The third kappa shape index (κ3) is 3.22. The van der Waals surface area contributed by atoms with Gasteiger partial charge in [-0.15, -0.1) is 20.4 Å². The van der Waals surface area contributed by atoms with Gasteiger partial charge in [-0.05, 0) is 22.3 Å². The predicted octanol–water partition coefficient (Wildman–Crippen LogP) is 2.63. The van der Waals surface area contributed by atoms with Gasteiger partial charge in [0.15, 0.2) is 0 Å². The molecule has 0 saturated carbocycles. The Kier molecular flexibility index (Phi) is 3.85. The van der Waals surface area contributed by atoms with E-state index in [1.165, 1.54) is 22.3 Å². The summed E-state index contributed by atoms with van der Waals surface area (Å²) < 4.78 is 3.91. The van der Waals surface area contributed by atoms with E-state index in [9.17, 15) is 0 Å². The second-order valence-electron chi connectivity index (χ2n) is 5.66. The zero-order valence-electron chi connectivity index (χ0n) is 13.0. The zero-order chi connectivity index (χ0) is 16.2. The van der Waals surface area contributed by atoms with Crippen molar-refractivity contribution in [1.29, 1.82) is 0 Å². The van der Waals surface area contributed by atoms with Gasteiger partial charge in [-0.2, -0.15) is 0 Å². The molecule has 0 N–H and O–H groups in total. The first-order valence-corrected chi connectivity index (χ1v) is 7.70. The van der Waals surface area contributed by atoms with Crippen LogP contribution in [-0.4, -0.2) is 29.5 Å². The SMILES string of the molecule is c1cc(-c2ccc(Cn3cnnc3)cc2)ccc1Cn1cnnc1. The van der Waals surface area contributed by atoms with E-state index < -0.39 is 0 Å². The monoisotopic (exact) mass is 316 g/mol. The van der Waals surface area contributed by atoms with Crippen molar-refractivity contribution in [3.05, 3.63) is 85.0 Å². The van der Waals surface area contributed by atoms with Crippen LogP contribution in [0.15, 0.2) is 73.8 Å². The normalized spacial score (nSPS) is 10.8. The number of nitrogens with zero attached hydrogens (tertiary/aromatic N) is 6. The molecule has 0 spiro atoms. The number of rotatable bonds is 5. The maximum atomic E-state index is 3.82. The number of benzene rings is 2. The lowest BCUT2D eigenvalue weighted by Crippen LogP contribution is -1.96. The molecule has 0 aliphatic heterocycles. The van der Waals surface area contributed by atoms with Crippen molar-refractivity contribution in [1.82, 2.24) is 29.5 Å². The van der Waals surface area contributed by atoms with Crippen molar-refractivity contribution in [3.63, 3.8) is 0 Å². The fourth-order valence-electron chi connectivity index (χ4n) is 2.63. The van der Waals surface area contributed by atoms with Crippen molar-refractivity contribution in [2.75, 3.05) is 0 Å². The molecule has 0 aliphatic carbocycles. The molecule has 4 aromatic rings. The highest BCUT2D eigenvalue weighted by atomic mass is 15.2. The largest absolute Gasteiger partial charge is 0.316 e. The molecule has 24 heavy (non-hydrogen) atoms. The maximum absolute atomic E-state index is 3.82. The summed E-state index contributed by atoms with van der Waals surface area (Å²) in [5.74, 6) is 0. The molecule has 2 aromatic carbocycles. The molecule has 0 amide bonds. The van der Waals surface area contributed by atoms with Gasteiger partial charge in [-0.3, -0.25) is 0 Å². The fourth-order valence-corrected chi connectivity index (χ4v) is 2.63. The fraction of sp³-hybridized carbons (Fsp3) is 0.111. The molecule has 2 heterocycles. The zero-order valence-corrected chi connectivity index (χ0v) is 13.0. The van der Waals surface area contributed by atoms with Crippen LogP contribution in [0.2, 0.25) is 0 Å². The Morgan fingerprint density at radius 1 is 0.500 bits per heavy atom. The standard InChI is InChI=1S/C18H16N6/c1-5-17(6-2-15(1)9-23-11-19-20-12-23)18-7-3-16(4-8-18)10-24-13-21-22-14-24/h1-8,11-14H,9-10H2. The third-order valence-electron chi connectivity index (χ3n) is 3.90. The summed E-state index contributed by atoms with van der Waals surface area (Å²) in [6, 6.07) is 17.1. The van der Waals surface area contributed by atoms with Gasteiger partial charge >= 0.3 is 0 Å². The van der Waals surface area contributed by atoms with E-state index in [4.69, 9.17) is 0 Å². The Bertz CT molecular complexity index is 800. The highest BCUT2D eigenvalue weighted by molar-refractivity contribution is 5.63. The Balaban J connectivity index is 1.47. The van der Waals surface area contributed by atoms with Crippen molar-refractivity contribution in [2.24, 2.45) is 0 Å². The molecular formula is C18H16N6. The minimum absolute atomic E-state index is 0.783. The van der Waals surface area contributed by atoms with E-state index in [0.717, 1.165) is 13.1 Å². The highest BCUT2D eigenvalue weighted by Crippen LogP contribution is 2.21. The van der Waals surface area contributed by atoms with Crippen molar-refractivity contribution >= 4 is 0 Å². The summed E-state index contributed by atoms with van der Waals surface area (Å²) in [5.41, 5.74) is 4.86. The molecule has 0 atom stereocenters. The molecule has 2 aromatic heterocycles. The molecule has 6 heteroatoms. The second kappa shape index (κ2) is 6.45. The number of hydrogen-bond donors (Lipinski definition) is 0. The molecule has 0 unspecified atom stereocenters. The Morgan fingerprint density at radius 3 is 1.17 bits per heavy atom. The van der Waals surface area contributed by atoms with Crippen molar-refractivity contribution < 1.29 is 0 Å². The van der Waals surface area contributed by atoms with Gasteiger partial charge in [0, 0.05) is 13.1 Å². The summed E-state index contributed by atoms with van der Waals surface area (Å²) in [7, 11) is 0. The molecule has 0 bridgehead atoms. The third-order valence-corrected chi connectivity index (χ3v) is 3.90. The first-order valence-electron chi connectivity index (χ1n) is 7.70. The van der Waals surface area contributed by atoms with Gasteiger partial charge in [0.2, 0.25) is 0 Å². The number of hydrogen-bond acceptors (Lipinski definition) is 4. The van der Waals surface area contributed by atoms with Gasteiger partial charge in [-0.25, -0.2) is 0 Å². The average molecular weight is 316 g/mol. The van der Waals surface area contributed by atoms with Crippen LogP contribution < -0.4 is 0 Å². The Labute approximate surface area is 139 Å². The smallest absolute Gasteiger partial charge is 0.119 e. The summed E-state index contributed by atoms with van der Waals surface area (Å²) in [4.78, 5) is 0. The highest BCUT2D eigenvalue weighted by Gasteiger charge is 2.01. The van der Waals surface area contributed by atoms with Gasteiger partial charge in [0.1, 0.15) is 25.3 Å². The quantitative estimate of drug-likeness (QED) is 0.568. The predicted molar refractivity (Wildman–Crippen MR) is 90.1 cm³/mol. The van der Waals surface area contributed by atoms with Crippen LogP contribution in [0.25, 0.3) is 11.1 Å². The van der Waals surface area contributed by atoms with Crippen LogP contribution in [-0.2, 0) is 13.1 Å². The maximum Gasteiger partial charge on any atom is 0.119 e. The second-order valence-corrected chi connectivity index (χ2v) is 5.66. The summed E-state index contributed by atoms with van der Waals surface area (Å²) >= 11 is 0. The first-order chi connectivity index (χ1) is 11.9. The van der Waals surface area contributed by atoms with E-state index in [2.05, 4.69) is 68.9 Å². The van der Waals surface area contributed by atoms with Gasteiger partial charge in [0.05, 0.1) is 0 Å². The van der Waals surface area contributed by atoms with Crippen LogP contribution in [0.1, 0.15) is 11.1 Å². The summed E-state index contributed by atoms with van der Waals surface area (Å²) in [5, 5.41) is 15.3. The molecule has 4 rings (SSSR count). The van der Waals surface area contributed by atoms with Crippen LogP contribution in [0.5, 0.6) is 0 Å². The molecule has 0 aliphatic rings. The minimum atomic E-state index is 0.783. The van der Waals surface area contributed by atoms with Gasteiger partial charge in [-0.1, -0.05) is 48.5 Å². The Hall–Kier alpha value is -3.28. The van der Waals surface area contributed by atoms with Crippen LogP contribution in [0.3, 0.4) is 0 Å². The van der Waals surface area contributed by atoms with E-state index >= 15 is 0 Å².